The van der Waals surface area contributed by atoms with Crippen LogP contribution in [-0.4, -0.2) is 31.6 Å². The molecule has 0 N–H and O–H groups in total. The minimum Gasteiger partial charge on any atom is -0.466 e. The Hall–Kier alpha value is -0.690. The second kappa shape index (κ2) is 12.1. The molecule has 120 valence electrons. The Labute approximate surface area is 121 Å². The van der Waals surface area contributed by atoms with Crippen molar-refractivity contribution in [1.29, 1.82) is 0 Å². The predicted octanol–water partition coefficient (Wildman–Crippen LogP) is 3.15. The van der Waals surface area contributed by atoms with E-state index in [0.29, 0.717) is 19.8 Å². The maximum atomic E-state index is 11.5. The van der Waals surface area contributed by atoms with Crippen LogP contribution in [0.2, 0.25) is 0 Å². The van der Waals surface area contributed by atoms with Crippen molar-refractivity contribution in [3.8, 4) is 0 Å². The molecule has 0 rings (SSSR count). The molecule has 0 amide bonds. The quantitative estimate of drug-likeness (QED) is 0.171. The average Bonchev–Trinajstić information content (AvgIpc) is 2.40. The molecule has 0 radical (unpaired) electrons. The summed E-state index contributed by atoms with van der Waals surface area (Å²) in [5, 5.41) is 0. The molecule has 0 aromatic heterocycles. The lowest BCUT2D eigenvalue weighted by Gasteiger charge is -2.25. The maximum Gasteiger partial charge on any atom is 0.311 e. The summed E-state index contributed by atoms with van der Waals surface area (Å²) in [5.74, 6) is -1.72. The van der Waals surface area contributed by atoms with Crippen molar-refractivity contribution in [1.82, 2.24) is 0 Å². The molecule has 0 saturated carbocycles. The summed E-state index contributed by atoms with van der Waals surface area (Å²) in [6, 6.07) is 0. The normalized spacial score (nSPS) is 11.6. The van der Waals surface area contributed by atoms with Gasteiger partial charge in [-0.25, -0.2) is 9.78 Å². The van der Waals surface area contributed by atoms with Crippen LogP contribution in [0, 0.1) is 0 Å². The van der Waals surface area contributed by atoms with Crippen LogP contribution in [0.15, 0.2) is 0 Å². The molecular weight excluding hydrogens is 264 g/mol. The number of hydrogen-bond donors (Lipinski definition) is 0. The second-order valence-electron chi connectivity index (χ2n) is 4.63. The van der Waals surface area contributed by atoms with Gasteiger partial charge in [-0.15, -0.1) is 0 Å². The molecule has 6 nitrogen and oxygen atoms in total. The molecule has 0 aliphatic heterocycles. The van der Waals surface area contributed by atoms with Gasteiger partial charge in [-0.3, -0.25) is 4.79 Å². The van der Waals surface area contributed by atoms with Crippen LogP contribution in [0.1, 0.15) is 59.8 Å². The number of carbonyl (C=O) groups excluding carboxylic acids is 1. The Bertz CT molecular complexity index is 232. The Kier molecular flexibility index (Phi) is 11.7. The second-order valence-corrected chi connectivity index (χ2v) is 4.63. The third kappa shape index (κ3) is 10.1. The van der Waals surface area contributed by atoms with E-state index in [1.54, 1.807) is 13.8 Å². The van der Waals surface area contributed by atoms with Crippen molar-refractivity contribution in [3.63, 3.8) is 0 Å². The van der Waals surface area contributed by atoms with Crippen molar-refractivity contribution >= 4 is 5.97 Å². The van der Waals surface area contributed by atoms with E-state index in [4.69, 9.17) is 24.3 Å². The van der Waals surface area contributed by atoms with Crippen LogP contribution in [0.5, 0.6) is 0 Å². The number of carbonyl (C=O) groups is 1. The molecule has 6 heteroatoms. The molecule has 0 aromatic rings. The van der Waals surface area contributed by atoms with Gasteiger partial charge >= 0.3 is 5.97 Å². The fraction of sp³-hybridized carbons (Fsp3) is 0.929. The lowest BCUT2D eigenvalue weighted by Crippen LogP contribution is -2.36. The highest BCUT2D eigenvalue weighted by Gasteiger charge is 2.34. The van der Waals surface area contributed by atoms with E-state index >= 15 is 0 Å². The van der Waals surface area contributed by atoms with E-state index in [0.717, 1.165) is 25.7 Å². The van der Waals surface area contributed by atoms with E-state index in [2.05, 4.69) is 0 Å². The first-order valence-corrected chi connectivity index (χ1v) is 7.34. The number of ether oxygens (including phenoxy) is 1. The van der Waals surface area contributed by atoms with Gasteiger partial charge in [0.2, 0.25) is 5.79 Å². The first kappa shape index (κ1) is 19.3. The van der Waals surface area contributed by atoms with Gasteiger partial charge in [0, 0.05) is 0 Å². The number of hydrogen-bond acceptors (Lipinski definition) is 6. The zero-order valence-corrected chi connectivity index (χ0v) is 13.1. The predicted molar refractivity (Wildman–Crippen MR) is 73.5 cm³/mol. The van der Waals surface area contributed by atoms with Crippen LogP contribution >= 0.6 is 0 Å². The van der Waals surface area contributed by atoms with E-state index < -0.39 is 11.8 Å². The summed E-state index contributed by atoms with van der Waals surface area (Å²) in [4.78, 5) is 32.0. The van der Waals surface area contributed by atoms with Crippen LogP contribution in [0.4, 0.5) is 0 Å². The third-order valence-electron chi connectivity index (χ3n) is 2.40. The Morgan fingerprint density at radius 1 is 0.950 bits per heavy atom. The standard InChI is InChI=1S/C14H28O6/c1-5-8-10-17-19-14(4,12-13(15)16-7-3)20-18-11-9-6-2/h5-12H2,1-4H3. The molecule has 0 spiro atoms. The number of unbranched alkanes of at least 4 members (excludes halogenated alkanes) is 2. The Balaban J connectivity index is 4.22. The van der Waals surface area contributed by atoms with Crippen LogP contribution < -0.4 is 0 Å². The summed E-state index contributed by atoms with van der Waals surface area (Å²) in [6.07, 6.45) is 3.62. The molecule has 0 aliphatic rings. The highest BCUT2D eigenvalue weighted by atomic mass is 17.3. The molecule has 20 heavy (non-hydrogen) atoms. The van der Waals surface area contributed by atoms with Gasteiger partial charge in [0.05, 0.1) is 19.8 Å². The zero-order valence-electron chi connectivity index (χ0n) is 13.1. The van der Waals surface area contributed by atoms with Crippen molar-refractivity contribution < 1.29 is 29.1 Å². The molecular formula is C14H28O6. The summed E-state index contributed by atoms with van der Waals surface area (Å²) < 4.78 is 4.88. The smallest absolute Gasteiger partial charge is 0.311 e. The van der Waals surface area contributed by atoms with E-state index in [1.807, 2.05) is 13.8 Å². The van der Waals surface area contributed by atoms with Gasteiger partial charge in [-0.2, -0.15) is 9.78 Å². The largest absolute Gasteiger partial charge is 0.466 e. The van der Waals surface area contributed by atoms with E-state index in [-0.39, 0.29) is 6.42 Å². The van der Waals surface area contributed by atoms with Crippen molar-refractivity contribution in [2.45, 2.75) is 65.6 Å². The topological polar surface area (TPSA) is 63.2 Å². The number of rotatable bonds is 13. The Morgan fingerprint density at radius 3 is 1.85 bits per heavy atom. The first-order valence-electron chi connectivity index (χ1n) is 7.34. The molecule has 0 saturated heterocycles. The van der Waals surface area contributed by atoms with Crippen molar-refractivity contribution in [2.75, 3.05) is 19.8 Å². The van der Waals surface area contributed by atoms with Gasteiger partial charge in [0.15, 0.2) is 0 Å². The molecule has 0 fully saturated rings. The molecule has 0 aliphatic carbocycles. The highest BCUT2D eigenvalue weighted by molar-refractivity contribution is 5.70. The van der Waals surface area contributed by atoms with Crippen LogP contribution in [0.3, 0.4) is 0 Å². The van der Waals surface area contributed by atoms with Crippen LogP contribution in [0.25, 0.3) is 0 Å². The van der Waals surface area contributed by atoms with Gasteiger partial charge in [-0.05, 0) is 26.7 Å². The third-order valence-corrected chi connectivity index (χ3v) is 2.40. The summed E-state index contributed by atoms with van der Waals surface area (Å²) in [6.45, 7) is 8.61. The van der Waals surface area contributed by atoms with Gasteiger partial charge in [0.25, 0.3) is 0 Å². The van der Waals surface area contributed by atoms with E-state index in [1.165, 1.54) is 0 Å². The summed E-state index contributed by atoms with van der Waals surface area (Å²) in [7, 11) is 0. The fourth-order valence-corrected chi connectivity index (χ4v) is 1.29. The minimum absolute atomic E-state index is 0.0981. The minimum atomic E-state index is -1.30. The van der Waals surface area contributed by atoms with Gasteiger partial charge in [0.1, 0.15) is 6.42 Å². The lowest BCUT2D eigenvalue weighted by molar-refractivity contribution is -0.505. The molecule has 0 aromatic carbocycles. The highest BCUT2D eigenvalue weighted by Crippen LogP contribution is 2.20. The van der Waals surface area contributed by atoms with Crippen LogP contribution in [-0.2, 0) is 29.1 Å². The SMILES string of the molecule is CCCCOOC(C)(CC(=O)OCC)OOCCCC. The molecule has 0 heterocycles. The number of esters is 1. The fourth-order valence-electron chi connectivity index (χ4n) is 1.29. The molecule has 0 atom stereocenters. The lowest BCUT2D eigenvalue weighted by atomic mass is 10.2. The summed E-state index contributed by atoms with van der Waals surface area (Å²) >= 11 is 0. The van der Waals surface area contributed by atoms with Crippen molar-refractivity contribution in [2.24, 2.45) is 0 Å². The van der Waals surface area contributed by atoms with Gasteiger partial charge in [-0.1, -0.05) is 26.7 Å². The average molecular weight is 292 g/mol. The maximum absolute atomic E-state index is 11.5. The summed E-state index contributed by atoms with van der Waals surface area (Å²) in [5.41, 5.74) is 0. The molecule has 0 bridgehead atoms. The van der Waals surface area contributed by atoms with Crippen molar-refractivity contribution in [3.05, 3.63) is 0 Å². The Morgan fingerprint density at radius 2 is 1.45 bits per heavy atom. The van der Waals surface area contributed by atoms with Gasteiger partial charge < -0.3 is 4.74 Å². The zero-order chi connectivity index (χ0) is 15.3. The molecule has 0 unspecified atom stereocenters. The first-order chi connectivity index (χ1) is 9.58. The monoisotopic (exact) mass is 292 g/mol. The van der Waals surface area contributed by atoms with E-state index in [9.17, 15) is 4.79 Å².